The molecule has 1 fully saturated rings. The lowest BCUT2D eigenvalue weighted by Gasteiger charge is -2.35. The summed E-state index contributed by atoms with van der Waals surface area (Å²) in [6, 6.07) is 2.43. The number of thiophene rings is 1. The Morgan fingerprint density at radius 3 is 2.57 bits per heavy atom. The quantitative estimate of drug-likeness (QED) is 0.493. The Morgan fingerprint density at radius 1 is 1.17 bits per heavy atom. The first-order valence-electron chi connectivity index (χ1n) is 11.3. The van der Waals surface area contributed by atoms with Crippen LogP contribution in [0.25, 0.3) is 10.2 Å². The molecule has 2 aromatic heterocycles. The summed E-state index contributed by atoms with van der Waals surface area (Å²) in [6.45, 7) is 9.35. The lowest BCUT2D eigenvalue weighted by molar-refractivity contribution is -0.114. The van der Waals surface area contributed by atoms with E-state index in [0.29, 0.717) is 25.2 Å². The van der Waals surface area contributed by atoms with Crippen LogP contribution < -0.4 is 10.6 Å². The van der Waals surface area contributed by atoms with Crippen molar-refractivity contribution in [3.05, 3.63) is 40.8 Å². The molecule has 1 aliphatic rings. The van der Waals surface area contributed by atoms with Crippen LogP contribution in [-0.2, 0) is 14.8 Å². The Labute approximate surface area is 208 Å². The van der Waals surface area contributed by atoms with E-state index in [-0.39, 0.29) is 35.6 Å². The van der Waals surface area contributed by atoms with Gasteiger partial charge in [-0.3, -0.25) is 9.69 Å². The van der Waals surface area contributed by atoms with Crippen molar-refractivity contribution in [2.45, 2.75) is 38.6 Å². The number of hydrogen-bond donors (Lipinski definition) is 2. The van der Waals surface area contributed by atoms with E-state index in [1.54, 1.807) is 24.6 Å². The lowest BCUT2D eigenvalue weighted by atomic mass is 10.2. The number of nitrogens with zero attached hydrogens (tertiary/aromatic N) is 4. The van der Waals surface area contributed by atoms with Crippen LogP contribution in [0.15, 0.2) is 28.7 Å². The minimum absolute atomic E-state index is 0.0834. The topological polar surface area (TPSA) is 108 Å². The van der Waals surface area contributed by atoms with Crippen molar-refractivity contribution in [3.8, 4) is 0 Å². The number of fused-ring (bicyclic) bond motifs is 1. The zero-order valence-electron chi connectivity index (χ0n) is 20.1. The molecule has 0 radical (unpaired) electrons. The minimum Gasteiger partial charge on any atom is -0.365 e. The Morgan fingerprint density at radius 2 is 1.89 bits per heavy atom. The van der Waals surface area contributed by atoms with Gasteiger partial charge in [-0.05, 0) is 49.4 Å². The van der Waals surface area contributed by atoms with Crippen molar-refractivity contribution in [2.24, 2.45) is 0 Å². The highest BCUT2D eigenvalue weighted by atomic mass is 32.2. The molecule has 0 spiro atoms. The van der Waals surface area contributed by atoms with Gasteiger partial charge >= 0.3 is 0 Å². The summed E-state index contributed by atoms with van der Waals surface area (Å²) in [5, 5.41) is 8.03. The number of piperazine rings is 1. The van der Waals surface area contributed by atoms with E-state index in [0.717, 1.165) is 27.7 Å². The maximum absolute atomic E-state index is 14.7. The average molecular weight is 521 g/mol. The van der Waals surface area contributed by atoms with Crippen LogP contribution in [0.1, 0.15) is 25.0 Å². The molecule has 1 aromatic carbocycles. The molecule has 1 amide bonds. The van der Waals surface area contributed by atoms with Gasteiger partial charge < -0.3 is 10.6 Å². The summed E-state index contributed by atoms with van der Waals surface area (Å²) in [5.41, 5.74) is 2.82. The summed E-state index contributed by atoms with van der Waals surface area (Å²) < 4.78 is 43.3. The Balaban J connectivity index is 1.38. The third-order valence-electron chi connectivity index (χ3n) is 5.98. The number of anilines is 2. The van der Waals surface area contributed by atoms with Gasteiger partial charge in [0.2, 0.25) is 15.9 Å². The van der Waals surface area contributed by atoms with Gasteiger partial charge in [-0.25, -0.2) is 22.8 Å². The Hall–Kier alpha value is -2.67. The first-order chi connectivity index (χ1) is 16.6. The van der Waals surface area contributed by atoms with E-state index in [1.807, 2.05) is 6.92 Å². The van der Waals surface area contributed by atoms with Crippen LogP contribution in [0.4, 0.5) is 15.9 Å². The fourth-order valence-corrected chi connectivity index (χ4v) is 6.72. The second kappa shape index (κ2) is 10.1. The van der Waals surface area contributed by atoms with Crippen LogP contribution in [0, 0.1) is 19.7 Å². The van der Waals surface area contributed by atoms with Gasteiger partial charge in [0.1, 0.15) is 22.9 Å². The standard InChI is InChI=1S/C23H29FN6O3S2/c1-14-9-20(18(24)10-19(14)28-17(4)31)35(32,33)30-7-5-29(6-8-30)11-16(3)27-23-22-21(25-13-26-23)15(2)12-34-22/h9-10,12-13,16H,5-8,11H2,1-4H3,(H,28,31)(H,25,26,27)/t16-/m0/s1. The molecule has 188 valence electrons. The number of hydrogen-bond acceptors (Lipinski definition) is 8. The molecule has 0 unspecified atom stereocenters. The molecule has 12 heteroatoms. The molecule has 1 saturated heterocycles. The molecule has 1 aliphatic heterocycles. The minimum atomic E-state index is -4.00. The van der Waals surface area contributed by atoms with Crippen LogP contribution in [-0.4, -0.2) is 72.3 Å². The molecule has 0 aliphatic carbocycles. The summed E-state index contributed by atoms with van der Waals surface area (Å²) in [5.74, 6) is -0.424. The molecule has 0 saturated carbocycles. The number of nitrogens with one attached hydrogen (secondary N) is 2. The zero-order valence-corrected chi connectivity index (χ0v) is 21.8. The lowest BCUT2D eigenvalue weighted by Crippen LogP contribution is -2.50. The smallest absolute Gasteiger partial charge is 0.246 e. The maximum atomic E-state index is 14.7. The maximum Gasteiger partial charge on any atom is 0.246 e. The highest BCUT2D eigenvalue weighted by molar-refractivity contribution is 7.89. The van der Waals surface area contributed by atoms with Gasteiger partial charge in [0.15, 0.2) is 0 Å². The van der Waals surface area contributed by atoms with E-state index < -0.39 is 15.8 Å². The number of amides is 1. The average Bonchev–Trinajstić information content (AvgIpc) is 3.18. The molecular weight excluding hydrogens is 491 g/mol. The number of carbonyl (C=O) groups excluding carboxylic acids is 1. The number of aryl methyl sites for hydroxylation is 2. The Bertz CT molecular complexity index is 1350. The van der Waals surface area contributed by atoms with Crippen LogP contribution in [0.3, 0.4) is 0 Å². The molecule has 9 nitrogen and oxygen atoms in total. The molecule has 4 rings (SSSR count). The van der Waals surface area contributed by atoms with Crippen molar-refractivity contribution < 1.29 is 17.6 Å². The SMILES string of the molecule is CC(=O)Nc1cc(F)c(S(=O)(=O)N2CCN(C[C@H](C)Nc3ncnc4c(C)csc34)CC2)cc1C. The molecule has 3 heterocycles. The predicted molar refractivity (Wildman–Crippen MR) is 136 cm³/mol. The second-order valence-electron chi connectivity index (χ2n) is 8.85. The van der Waals surface area contributed by atoms with E-state index >= 15 is 0 Å². The number of carbonyl (C=O) groups is 1. The number of benzene rings is 1. The fraction of sp³-hybridized carbons (Fsp3) is 0.435. The van der Waals surface area contributed by atoms with Gasteiger partial charge in [-0.2, -0.15) is 4.31 Å². The van der Waals surface area contributed by atoms with Crippen molar-refractivity contribution in [2.75, 3.05) is 43.4 Å². The number of halogens is 1. The van der Waals surface area contributed by atoms with Gasteiger partial charge in [0.25, 0.3) is 0 Å². The van der Waals surface area contributed by atoms with Gasteiger partial charge in [-0.1, -0.05) is 0 Å². The monoisotopic (exact) mass is 520 g/mol. The van der Waals surface area contributed by atoms with Crippen LogP contribution in [0.2, 0.25) is 0 Å². The molecule has 1 atom stereocenters. The van der Waals surface area contributed by atoms with Crippen LogP contribution >= 0.6 is 11.3 Å². The third kappa shape index (κ3) is 5.45. The van der Waals surface area contributed by atoms with Crippen LogP contribution in [0.5, 0.6) is 0 Å². The fourth-order valence-electron chi connectivity index (χ4n) is 4.21. The molecular formula is C23H29FN6O3S2. The highest BCUT2D eigenvalue weighted by Gasteiger charge is 2.31. The summed E-state index contributed by atoms with van der Waals surface area (Å²) in [4.78, 5) is 21.9. The highest BCUT2D eigenvalue weighted by Crippen LogP contribution is 2.29. The Kier molecular flexibility index (Phi) is 7.36. The predicted octanol–water partition coefficient (Wildman–Crippen LogP) is 3.21. The largest absolute Gasteiger partial charge is 0.365 e. The number of rotatable bonds is 7. The summed E-state index contributed by atoms with van der Waals surface area (Å²) >= 11 is 1.61. The normalized spacial score (nSPS) is 16.4. The molecule has 3 aromatic rings. The van der Waals surface area contributed by atoms with Crippen molar-refractivity contribution in [1.82, 2.24) is 19.2 Å². The van der Waals surface area contributed by atoms with Gasteiger partial charge in [-0.15, -0.1) is 11.3 Å². The summed E-state index contributed by atoms with van der Waals surface area (Å²) in [7, 11) is -4.00. The van der Waals surface area contributed by atoms with E-state index in [1.165, 1.54) is 17.3 Å². The zero-order chi connectivity index (χ0) is 25.3. The molecule has 0 bridgehead atoms. The van der Waals surface area contributed by atoms with Crippen molar-refractivity contribution in [1.29, 1.82) is 0 Å². The van der Waals surface area contributed by atoms with E-state index in [2.05, 4.69) is 37.8 Å². The molecule has 35 heavy (non-hydrogen) atoms. The second-order valence-corrected chi connectivity index (χ2v) is 11.6. The first kappa shape index (κ1) is 25.4. The van der Waals surface area contributed by atoms with Gasteiger partial charge in [0.05, 0.1) is 10.2 Å². The van der Waals surface area contributed by atoms with E-state index in [9.17, 15) is 17.6 Å². The van der Waals surface area contributed by atoms with Crippen molar-refractivity contribution in [3.63, 3.8) is 0 Å². The summed E-state index contributed by atoms with van der Waals surface area (Å²) in [6.07, 6.45) is 1.56. The first-order valence-corrected chi connectivity index (χ1v) is 13.6. The van der Waals surface area contributed by atoms with E-state index in [4.69, 9.17) is 0 Å². The van der Waals surface area contributed by atoms with Gasteiger partial charge in [0, 0.05) is 51.4 Å². The van der Waals surface area contributed by atoms with Crippen molar-refractivity contribution >= 4 is 49.0 Å². The number of aromatic nitrogens is 2. The third-order valence-corrected chi connectivity index (χ3v) is 8.99. The number of sulfonamides is 1. The molecule has 2 N–H and O–H groups in total.